The zero-order valence-corrected chi connectivity index (χ0v) is 18.7. The maximum absolute atomic E-state index is 5.52. The lowest BCUT2D eigenvalue weighted by Crippen LogP contribution is -2.52. The van der Waals surface area contributed by atoms with E-state index in [-0.39, 0.29) is 24.0 Å². The van der Waals surface area contributed by atoms with Gasteiger partial charge in [-0.1, -0.05) is 13.0 Å². The molecule has 2 aromatic rings. The molecule has 0 radical (unpaired) electrons. The summed E-state index contributed by atoms with van der Waals surface area (Å²) in [7, 11) is 1.81. The number of nitrogens with zero attached hydrogens (tertiary/aromatic N) is 6. The van der Waals surface area contributed by atoms with E-state index in [4.69, 9.17) is 4.74 Å². The van der Waals surface area contributed by atoms with Gasteiger partial charge in [0.25, 0.3) is 0 Å². The zero-order chi connectivity index (χ0) is 18.9. The number of nitrogens with one attached hydrogen (secondary N) is 1. The molecular weight excluding hydrogens is 469 g/mol. The number of hydrogen-bond acceptors (Lipinski definition) is 6. The van der Waals surface area contributed by atoms with Gasteiger partial charge in [-0.3, -0.25) is 4.99 Å². The Kier molecular flexibility index (Phi) is 9.18. The minimum absolute atomic E-state index is 0. The Morgan fingerprint density at radius 1 is 1.14 bits per heavy atom. The quantitative estimate of drug-likeness (QED) is 0.373. The van der Waals surface area contributed by atoms with Crippen LogP contribution in [0, 0.1) is 0 Å². The maximum atomic E-state index is 5.52. The van der Waals surface area contributed by atoms with Crippen molar-refractivity contribution in [2.75, 3.05) is 44.7 Å². The third kappa shape index (κ3) is 6.18. The largest absolute Gasteiger partial charge is 0.478 e. The van der Waals surface area contributed by atoms with Gasteiger partial charge in [-0.25, -0.2) is 15.0 Å². The van der Waals surface area contributed by atoms with Crippen molar-refractivity contribution in [3.8, 4) is 5.88 Å². The van der Waals surface area contributed by atoms with Crippen molar-refractivity contribution in [1.82, 2.24) is 25.2 Å². The first kappa shape index (κ1) is 22.1. The van der Waals surface area contributed by atoms with Crippen LogP contribution in [-0.4, -0.2) is 65.6 Å². The number of rotatable bonds is 6. The molecule has 1 saturated heterocycles. The van der Waals surface area contributed by atoms with Crippen molar-refractivity contribution < 1.29 is 4.74 Å². The number of hydrogen-bond donors (Lipinski definition) is 1. The summed E-state index contributed by atoms with van der Waals surface area (Å²) in [6.45, 7) is 6.94. The third-order valence-electron chi connectivity index (χ3n) is 4.33. The Morgan fingerprint density at radius 2 is 1.89 bits per heavy atom. The van der Waals surface area contributed by atoms with E-state index in [1.165, 1.54) is 0 Å². The van der Waals surface area contributed by atoms with Crippen LogP contribution in [-0.2, 0) is 6.54 Å². The number of pyridine rings is 1. The van der Waals surface area contributed by atoms with E-state index in [1.54, 1.807) is 12.4 Å². The predicted molar refractivity (Wildman–Crippen MR) is 121 cm³/mol. The van der Waals surface area contributed by atoms with Gasteiger partial charge in [0, 0.05) is 64.4 Å². The van der Waals surface area contributed by atoms with E-state index < -0.39 is 0 Å². The summed E-state index contributed by atoms with van der Waals surface area (Å²) < 4.78 is 5.52. The molecule has 3 heterocycles. The highest BCUT2D eigenvalue weighted by atomic mass is 127. The maximum Gasteiger partial charge on any atom is 0.225 e. The van der Waals surface area contributed by atoms with Crippen molar-refractivity contribution >= 4 is 35.9 Å². The molecule has 3 rings (SSSR count). The molecule has 0 amide bonds. The van der Waals surface area contributed by atoms with Crippen LogP contribution in [0.1, 0.15) is 18.9 Å². The number of aromatic nitrogens is 3. The molecule has 0 atom stereocenters. The minimum Gasteiger partial charge on any atom is -0.478 e. The first-order chi connectivity index (χ1) is 13.3. The molecule has 0 aromatic carbocycles. The van der Waals surface area contributed by atoms with Crippen molar-refractivity contribution in [1.29, 1.82) is 0 Å². The number of aliphatic imine (C=N–C) groups is 1. The molecule has 0 unspecified atom stereocenters. The van der Waals surface area contributed by atoms with Crippen molar-refractivity contribution in [3.63, 3.8) is 0 Å². The fourth-order valence-corrected chi connectivity index (χ4v) is 2.89. The summed E-state index contributed by atoms with van der Waals surface area (Å²) in [6, 6.07) is 5.78. The molecule has 28 heavy (non-hydrogen) atoms. The Hall–Kier alpha value is -2.17. The van der Waals surface area contributed by atoms with Gasteiger partial charge in [0.15, 0.2) is 5.96 Å². The second-order valence-electron chi connectivity index (χ2n) is 6.28. The minimum atomic E-state index is 0. The average molecular weight is 497 g/mol. The normalized spacial score (nSPS) is 14.4. The van der Waals surface area contributed by atoms with E-state index in [0.717, 1.165) is 50.1 Å². The van der Waals surface area contributed by atoms with Gasteiger partial charge >= 0.3 is 0 Å². The highest BCUT2D eigenvalue weighted by Gasteiger charge is 2.20. The second-order valence-corrected chi connectivity index (χ2v) is 6.28. The van der Waals surface area contributed by atoms with Crippen LogP contribution in [0.3, 0.4) is 0 Å². The summed E-state index contributed by atoms with van der Waals surface area (Å²) in [5, 5.41) is 3.42. The van der Waals surface area contributed by atoms with Crippen LogP contribution in [0.5, 0.6) is 5.88 Å². The highest BCUT2D eigenvalue weighted by Crippen LogP contribution is 2.11. The standard InChI is InChI=1S/C19H27N7O.HI/c1-3-13-27-17-6-5-16(14-23-17)15-24-18(20-2)25-9-11-26(12-10-25)19-21-7-4-8-22-19;/h4-8,14H,3,9-13,15H2,1-2H3,(H,20,24);1H. The number of piperazine rings is 1. The van der Waals surface area contributed by atoms with Crippen LogP contribution < -0.4 is 15.0 Å². The van der Waals surface area contributed by atoms with Gasteiger partial charge in [0.1, 0.15) is 0 Å². The summed E-state index contributed by atoms with van der Waals surface area (Å²) >= 11 is 0. The number of anilines is 1. The number of guanidine groups is 1. The molecule has 0 aliphatic carbocycles. The molecule has 9 heteroatoms. The lowest BCUT2D eigenvalue weighted by Gasteiger charge is -2.36. The Morgan fingerprint density at radius 3 is 2.50 bits per heavy atom. The summed E-state index contributed by atoms with van der Waals surface area (Å²) in [4.78, 5) is 21.9. The summed E-state index contributed by atoms with van der Waals surface area (Å²) in [5.74, 6) is 2.36. The average Bonchev–Trinajstić information content (AvgIpc) is 2.74. The molecule has 1 N–H and O–H groups in total. The van der Waals surface area contributed by atoms with E-state index in [0.29, 0.717) is 19.0 Å². The molecule has 0 saturated carbocycles. The van der Waals surface area contributed by atoms with Crippen LogP contribution in [0.25, 0.3) is 0 Å². The molecule has 8 nitrogen and oxygen atoms in total. The Bertz CT molecular complexity index is 719. The zero-order valence-electron chi connectivity index (χ0n) is 16.4. The number of ether oxygens (including phenoxy) is 1. The molecule has 1 fully saturated rings. The molecule has 0 spiro atoms. The molecular formula is C19H28IN7O. The monoisotopic (exact) mass is 497 g/mol. The molecule has 1 aliphatic heterocycles. The van der Waals surface area contributed by atoms with Gasteiger partial charge < -0.3 is 19.9 Å². The summed E-state index contributed by atoms with van der Waals surface area (Å²) in [5.41, 5.74) is 1.09. The van der Waals surface area contributed by atoms with Gasteiger partial charge in [-0.15, -0.1) is 24.0 Å². The predicted octanol–water partition coefficient (Wildman–Crippen LogP) is 2.18. The van der Waals surface area contributed by atoms with Gasteiger partial charge in [-0.2, -0.15) is 0 Å². The van der Waals surface area contributed by atoms with Crippen molar-refractivity contribution in [2.45, 2.75) is 19.9 Å². The lowest BCUT2D eigenvalue weighted by atomic mass is 10.3. The van der Waals surface area contributed by atoms with Gasteiger partial charge in [-0.05, 0) is 18.1 Å². The van der Waals surface area contributed by atoms with Crippen molar-refractivity contribution in [2.24, 2.45) is 4.99 Å². The van der Waals surface area contributed by atoms with Crippen LogP contribution in [0.4, 0.5) is 5.95 Å². The SMILES string of the molecule is CCCOc1ccc(CNC(=NC)N2CCN(c3ncccn3)CC2)cn1.I. The molecule has 2 aromatic heterocycles. The summed E-state index contributed by atoms with van der Waals surface area (Å²) in [6.07, 6.45) is 6.38. The van der Waals surface area contributed by atoms with E-state index in [9.17, 15) is 0 Å². The molecule has 0 bridgehead atoms. The Labute approximate surface area is 183 Å². The van der Waals surface area contributed by atoms with E-state index in [1.807, 2.05) is 31.4 Å². The molecule has 1 aliphatic rings. The van der Waals surface area contributed by atoms with Crippen LogP contribution in [0.2, 0.25) is 0 Å². The van der Waals surface area contributed by atoms with E-state index >= 15 is 0 Å². The second kappa shape index (κ2) is 11.6. The topological polar surface area (TPSA) is 78.8 Å². The third-order valence-corrected chi connectivity index (χ3v) is 4.33. The van der Waals surface area contributed by atoms with Crippen LogP contribution in [0.15, 0.2) is 41.8 Å². The fourth-order valence-electron chi connectivity index (χ4n) is 2.89. The van der Waals surface area contributed by atoms with E-state index in [2.05, 4.69) is 42.0 Å². The smallest absolute Gasteiger partial charge is 0.225 e. The first-order valence-electron chi connectivity index (χ1n) is 9.35. The lowest BCUT2D eigenvalue weighted by molar-refractivity contribution is 0.305. The van der Waals surface area contributed by atoms with Gasteiger partial charge in [0.2, 0.25) is 11.8 Å². The molecule has 152 valence electrons. The van der Waals surface area contributed by atoms with Crippen molar-refractivity contribution in [3.05, 3.63) is 42.4 Å². The number of halogens is 1. The van der Waals surface area contributed by atoms with Crippen LogP contribution >= 0.6 is 24.0 Å². The highest BCUT2D eigenvalue weighted by molar-refractivity contribution is 14.0. The Balaban J connectivity index is 0.00000280. The fraction of sp³-hybridized carbons (Fsp3) is 0.474. The first-order valence-corrected chi connectivity index (χ1v) is 9.35. The van der Waals surface area contributed by atoms with Gasteiger partial charge in [0.05, 0.1) is 6.61 Å².